The molecule has 0 aromatic carbocycles. The van der Waals surface area contributed by atoms with Gasteiger partial charge in [0, 0.05) is 25.0 Å². The second kappa shape index (κ2) is 4.25. The van der Waals surface area contributed by atoms with Gasteiger partial charge in [-0.2, -0.15) is 0 Å². The van der Waals surface area contributed by atoms with Crippen molar-refractivity contribution in [2.45, 2.75) is 45.2 Å². The van der Waals surface area contributed by atoms with Gasteiger partial charge in [-0.1, -0.05) is 6.42 Å². The standard InChI is InChI=1S/C14H22N2/c1-10(16-9-12-4-5-15-8-12)14-7-11-2-3-13(14)6-11/h4-5,8,10-11,13-16H,2-3,6-7,9H2,1H3. The van der Waals surface area contributed by atoms with Gasteiger partial charge < -0.3 is 10.3 Å². The molecule has 1 aromatic heterocycles. The van der Waals surface area contributed by atoms with Crippen LogP contribution in [0.4, 0.5) is 0 Å². The number of hydrogen-bond donors (Lipinski definition) is 2. The van der Waals surface area contributed by atoms with Crippen LogP contribution in [0, 0.1) is 17.8 Å². The van der Waals surface area contributed by atoms with Crippen molar-refractivity contribution in [2.24, 2.45) is 17.8 Å². The van der Waals surface area contributed by atoms with Crippen LogP contribution in [0.25, 0.3) is 0 Å². The average Bonchev–Trinajstić information content (AvgIpc) is 3.01. The molecule has 3 rings (SSSR count). The van der Waals surface area contributed by atoms with Crippen LogP contribution in [0.2, 0.25) is 0 Å². The normalized spacial score (nSPS) is 34.4. The highest BCUT2D eigenvalue weighted by Crippen LogP contribution is 2.49. The van der Waals surface area contributed by atoms with Crippen LogP contribution in [-0.2, 0) is 6.54 Å². The molecule has 88 valence electrons. The minimum atomic E-state index is 0.685. The lowest BCUT2D eigenvalue weighted by Gasteiger charge is -2.28. The van der Waals surface area contributed by atoms with Crippen molar-refractivity contribution >= 4 is 0 Å². The van der Waals surface area contributed by atoms with Gasteiger partial charge in [-0.3, -0.25) is 0 Å². The van der Waals surface area contributed by atoms with E-state index in [0.29, 0.717) is 6.04 Å². The fourth-order valence-electron chi connectivity index (χ4n) is 3.80. The molecule has 0 amide bonds. The summed E-state index contributed by atoms with van der Waals surface area (Å²) in [5.41, 5.74) is 1.37. The summed E-state index contributed by atoms with van der Waals surface area (Å²) in [5.74, 6) is 3.03. The molecule has 1 heterocycles. The lowest BCUT2D eigenvalue weighted by atomic mass is 9.84. The Labute approximate surface area is 97.8 Å². The highest BCUT2D eigenvalue weighted by Gasteiger charge is 2.41. The van der Waals surface area contributed by atoms with Gasteiger partial charge >= 0.3 is 0 Å². The average molecular weight is 218 g/mol. The van der Waals surface area contributed by atoms with E-state index < -0.39 is 0 Å². The summed E-state index contributed by atoms with van der Waals surface area (Å²) < 4.78 is 0. The molecule has 4 unspecified atom stereocenters. The Hall–Kier alpha value is -0.760. The first-order valence-electron chi connectivity index (χ1n) is 6.68. The van der Waals surface area contributed by atoms with Gasteiger partial charge in [0.15, 0.2) is 0 Å². The Morgan fingerprint density at radius 2 is 2.38 bits per heavy atom. The maximum Gasteiger partial charge on any atom is 0.0223 e. The van der Waals surface area contributed by atoms with E-state index in [1.165, 1.54) is 31.2 Å². The maximum atomic E-state index is 3.69. The minimum absolute atomic E-state index is 0.685. The number of rotatable bonds is 4. The molecule has 1 aromatic rings. The van der Waals surface area contributed by atoms with Crippen molar-refractivity contribution in [1.29, 1.82) is 0 Å². The molecule has 0 saturated heterocycles. The predicted molar refractivity (Wildman–Crippen MR) is 66.0 cm³/mol. The molecule has 2 saturated carbocycles. The first kappa shape index (κ1) is 10.4. The number of nitrogens with one attached hydrogen (secondary N) is 2. The smallest absolute Gasteiger partial charge is 0.0223 e. The fourth-order valence-corrected chi connectivity index (χ4v) is 3.80. The largest absolute Gasteiger partial charge is 0.367 e. The van der Waals surface area contributed by atoms with Crippen LogP contribution in [0.5, 0.6) is 0 Å². The lowest BCUT2D eigenvalue weighted by Crippen LogP contribution is -2.35. The molecule has 2 nitrogen and oxygen atoms in total. The minimum Gasteiger partial charge on any atom is -0.367 e. The Bertz CT molecular complexity index is 331. The molecule has 4 atom stereocenters. The van der Waals surface area contributed by atoms with Crippen LogP contribution in [0.15, 0.2) is 18.5 Å². The molecule has 0 aliphatic heterocycles. The molecule has 2 aliphatic rings. The van der Waals surface area contributed by atoms with Gasteiger partial charge in [0.05, 0.1) is 0 Å². The van der Waals surface area contributed by atoms with Crippen molar-refractivity contribution in [3.63, 3.8) is 0 Å². The number of aromatic amines is 1. The monoisotopic (exact) mass is 218 g/mol. The summed E-state index contributed by atoms with van der Waals surface area (Å²) >= 11 is 0. The van der Waals surface area contributed by atoms with E-state index in [0.717, 1.165) is 24.3 Å². The molecule has 0 radical (unpaired) electrons. The highest BCUT2D eigenvalue weighted by molar-refractivity contribution is 5.08. The van der Waals surface area contributed by atoms with Gasteiger partial charge in [-0.05, 0) is 55.6 Å². The number of aromatic nitrogens is 1. The Morgan fingerprint density at radius 1 is 1.44 bits per heavy atom. The Balaban J connectivity index is 1.52. The zero-order chi connectivity index (χ0) is 11.0. The van der Waals surface area contributed by atoms with Gasteiger partial charge in [-0.25, -0.2) is 0 Å². The van der Waals surface area contributed by atoms with Crippen molar-refractivity contribution in [3.05, 3.63) is 24.0 Å². The summed E-state index contributed by atoms with van der Waals surface area (Å²) in [4.78, 5) is 3.11. The Kier molecular flexibility index (Phi) is 2.76. The summed E-state index contributed by atoms with van der Waals surface area (Å²) in [5, 5.41) is 3.69. The van der Waals surface area contributed by atoms with Crippen molar-refractivity contribution in [3.8, 4) is 0 Å². The third kappa shape index (κ3) is 1.91. The fraction of sp³-hybridized carbons (Fsp3) is 0.714. The van der Waals surface area contributed by atoms with Crippen molar-refractivity contribution in [2.75, 3.05) is 0 Å². The third-order valence-corrected chi connectivity index (χ3v) is 4.73. The second-order valence-corrected chi connectivity index (χ2v) is 5.73. The molecule has 2 aliphatic carbocycles. The van der Waals surface area contributed by atoms with Crippen molar-refractivity contribution < 1.29 is 0 Å². The van der Waals surface area contributed by atoms with Gasteiger partial charge in [-0.15, -0.1) is 0 Å². The van der Waals surface area contributed by atoms with E-state index in [2.05, 4.69) is 29.5 Å². The van der Waals surface area contributed by atoms with Crippen LogP contribution in [0.3, 0.4) is 0 Å². The lowest BCUT2D eigenvalue weighted by molar-refractivity contribution is 0.259. The van der Waals surface area contributed by atoms with Crippen LogP contribution < -0.4 is 5.32 Å². The second-order valence-electron chi connectivity index (χ2n) is 5.73. The molecule has 16 heavy (non-hydrogen) atoms. The zero-order valence-corrected chi connectivity index (χ0v) is 10.1. The van der Waals surface area contributed by atoms with E-state index >= 15 is 0 Å². The summed E-state index contributed by atoms with van der Waals surface area (Å²) in [6, 6.07) is 2.84. The third-order valence-electron chi connectivity index (χ3n) is 4.73. The Morgan fingerprint density at radius 3 is 3.00 bits per heavy atom. The maximum absolute atomic E-state index is 3.69. The zero-order valence-electron chi connectivity index (χ0n) is 10.1. The summed E-state index contributed by atoms with van der Waals surface area (Å²) in [7, 11) is 0. The summed E-state index contributed by atoms with van der Waals surface area (Å²) in [6.45, 7) is 3.39. The van der Waals surface area contributed by atoms with Gasteiger partial charge in [0.2, 0.25) is 0 Å². The van der Waals surface area contributed by atoms with Gasteiger partial charge in [0.25, 0.3) is 0 Å². The SMILES string of the molecule is CC(NCc1cc[nH]c1)C1CC2CCC1C2. The molecule has 2 fully saturated rings. The van der Waals surface area contributed by atoms with Crippen LogP contribution in [0.1, 0.15) is 38.2 Å². The molecule has 2 N–H and O–H groups in total. The molecule has 2 bridgehead atoms. The van der Waals surface area contributed by atoms with Gasteiger partial charge in [0.1, 0.15) is 0 Å². The van der Waals surface area contributed by atoms with Crippen LogP contribution >= 0.6 is 0 Å². The van der Waals surface area contributed by atoms with E-state index in [-0.39, 0.29) is 0 Å². The van der Waals surface area contributed by atoms with E-state index in [1.54, 1.807) is 0 Å². The highest BCUT2D eigenvalue weighted by atomic mass is 14.9. The van der Waals surface area contributed by atoms with E-state index in [4.69, 9.17) is 0 Å². The van der Waals surface area contributed by atoms with Crippen LogP contribution in [-0.4, -0.2) is 11.0 Å². The number of fused-ring (bicyclic) bond motifs is 2. The molecular formula is C14H22N2. The first-order chi connectivity index (χ1) is 7.83. The first-order valence-corrected chi connectivity index (χ1v) is 6.68. The van der Waals surface area contributed by atoms with E-state index in [9.17, 15) is 0 Å². The predicted octanol–water partition coefficient (Wildman–Crippen LogP) is 2.93. The van der Waals surface area contributed by atoms with E-state index in [1.807, 2.05) is 6.20 Å². The quantitative estimate of drug-likeness (QED) is 0.799. The topological polar surface area (TPSA) is 27.8 Å². The summed E-state index contributed by atoms with van der Waals surface area (Å²) in [6.07, 6.45) is 10.1. The molecule has 2 heteroatoms. The van der Waals surface area contributed by atoms with Crippen molar-refractivity contribution in [1.82, 2.24) is 10.3 Å². The molecule has 0 spiro atoms. The number of hydrogen-bond acceptors (Lipinski definition) is 1. The molecular weight excluding hydrogens is 196 g/mol. The number of H-pyrrole nitrogens is 1.